The topological polar surface area (TPSA) is 72.5 Å². The van der Waals surface area contributed by atoms with E-state index >= 15 is 0 Å². The molecule has 6 heteroatoms. The number of nitrogens with one attached hydrogen (secondary N) is 1. The molecule has 126 valence electrons. The summed E-state index contributed by atoms with van der Waals surface area (Å²) in [5.74, 6) is 2.08. The predicted molar refractivity (Wildman–Crippen MR) is 89.2 cm³/mol. The molecule has 1 amide bonds. The van der Waals surface area contributed by atoms with Crippen LogP contribution in [0.25, 0.3) is 0 Å². The van der Waals surface area contributed by atoms with E-state index < -0.39 is 9.84 Å². The molecule has 1 aromatic rings. The zero-order valence-corrected chi connectivity index (χ0v) is 14.1. The number of benzene rings is 1. The number of carbonyl (C=O) groups excluding carboxylic acids is 1. The number of sulfone groups is 1. The molecule has 23 heavy (non-hydrogen) atoms. The Morgan fingerprint density at radius 2 is 2.13 bits per heavy atom. The number of hydrogen-bond donors (Lipinski definition) is 1. The Morgan fingerprint density at radius 3 is 2.78 bits per heavy atom. The molecule has 2 bridgehead atoms. The molecule has 0 unspecified atom stereocenters. The van der Waals surface area contributed by atoms with E-state index in [2.05, 4.69) is 5.32 Å². The van der Waals surface area contributed by atoms with E-state index in [-0.39, 0.29) is 24.2 Å². The van der Waals surface area contributed by atoms with Gasteiger partial charge in [-0.05, 0) is 43.2 Å². The molecule has 2 aliphatic carbocycles. The average Bonchev–Trinajstić information content (AvgIpc) is 3.09. The molecule has 0 heterocycles. The van der Waals surface area contributed by atoms with Gasteiger partial charge in [0.1, 0.15) is 12.4 Å². The number of carbonyl (C=O) groups is 1. The molecule has 0 spiro atoms. The molecule has 0 saturated heterocycles. The third kappa shape index (κ3) is 4.25. The smallest absolute Gasteiger partial charge is 0.227 e. The average molecular weight is 337 g/mol. The number of ether oxygens (including phenoxy) is 1. The van der Waals surface area contributed by atoms with Gasteiger partial charge in [0.15, 0.2) is 9.84 Å². The van der Waals surface area contributed by atoms with E-state index in [9.17, 15) is 13.2 Å². The Morgan fingerprint density at radius 1 is 1.30 bits per heavy atom. The van der Waals surface area contributed by atoms with Crippen LogP contribution in [-0.2, 0) is 14.6 Å². The van der Waals surface area contributed by atoms with Gasteiger partial charge in [0, 0.05) is 23.9 Å². The lowest BCUT2D eigenvalue weighted by atomic mass is 9.88. The van der Waals surface area contributed by atoms with Crippen molar-refractivity contribution in [2.45, 2.75) is 25.7 Å². The van der Waals surface area contributed by atoms with Crippen LogP contribution in [0.5, 0.6) is 5.75 Å². The Bertz CT molecular complexity index is 686. The molecule has 1 aromatic carbocycles. The fraction of sp³-hybridized carbons (Fsp3) is 0.588. The zero-order valence-electron chi connectivity index (χ0n) is 13.3. The minimum absolute atomic E-state index is 0.0191. The first-order chi connectivity index (χ1) is 10.9. The van der Waals surface area contributed by atoms with Crippen LogP contribution < -0.4 is 10.1 Å². The van der Waals surface area contributed by atoms with Gasteiger partial charge in [-0.2, -0.15) is 0 Å². The summed E-state index contributed by atoms with van der Waals surface area (Å²) in [4.78, 5) is 12.4. The molecule has 0 aliphatic heterocycles. The van der Waals surface area contributed by atoms with E-state index in [0.29, 0.717) is 17.4 Å². The Balaban J connectivity index is 1.56. The maximum atomic E-state index is 12.4. The van der Waals surface area contributed by atoms with Gasteiger partial charge in [-0.1, -0.05) is 12.5 Å². The summed E-state index contributed by atoms with van der Waals surface area (Å²) in [7, 11) is -3.03. The molecule has 0 radical (unpaired) electrons. The molecule has 0 aromatic heterocycles. The van der Waals surface area contributed by atoms with Crippen molar-refractivity contribution >= 4 is 21.4 Å². The van der Waals surface area contributed by atoms with Crippen LogP contribution in [-0.4, -0.2) is 32.9 Å². The van der Waals surface area contributed by atoms with E-state index in [1.165, 1.54) is 25.5 Å². The summed E-state index contributed by atoms with van der Waals surface area (Å²) in [6.07, 6.45) is 5.85. The van der Waals surface area contributed by atoms with Crippen LogP contribution in [0.4, 0.5) is 5.69 Å². The lowest BCUT2D eigenvalue weighted by Gasteiger charge is -2.21. The third-order valence-corrected chi connectivity index (χ3v) is 5.81. The van der Waals surface area contributed by atoms with E-state index in [1.807, 2.05) is 6.07 Å². The fourth-order valence-electron chi connectivity index (χ4n) is 3.78. The predicted octanol–water partition coefficient (Wildman–Crippen LogP) is 2.48. The van der Waals surface area contributed by atoms with Crippen LogP contribution in [0.3, 0.4) is 0 Å². The van der Waals surface area contributed by atoms with Crippen LogP contribution in [0, 0.1) is 17.8 Å². The van der Waals surface area contributed by atoms with Crippen LogP contribution in [0.2, 0.25) is 0 Å². The molecule has 2 aliphatic rings. The lowest BCUT2D eigenvalue weighted by Crippen LogP contribution is -2.27. The van der Waals surface area contributed by atoms with Crippen LogP contribution >= 0.6 is 0 Å². The molecule has 5 nitrogen and oxygen atoms in total. The highest BCUT2D eigenvalue weighted by Crippen LogP contribution is 2.48. The first kappa shape index (κ1) is 16.3. The highest BCUT2D eigenvalue weighted by molar-refractivity contribution is 7.90. The number of anilines is 1. The van der Waals surface area contributed by atoms with Crippen molar-refractivity contribution in [3.63, 3.8) is 0 Å². The largest absolute Gasteiger partial charge is 0.492 e. The van der Waals surface area contributed by atoms with E-state index in [0.717, 1.165) is 12.3 Å². The van der Waals surface area contributed by atoms with Crippen LogP contribution in [0.15, 0.2) is 24.3 Å². The number of hydrogen-bond acceptors (Lipinski definition) is 4. The van der Waals surface area contributed by atoms with Gasteiger partial charge in [-0.3, -0.25) is 4.79 Å². The van der Waals surface area contributed by atoms with Gasteiger partial charge in [-0.15, -0.1) is 0 Å². The summed E-state index contributed by atoms with van der Waals surface area (Å²) in [6.45, 7) is 0.114. The van der Waals surface area contributed by atoms with E-state index in [1.54, 1.807) is 18.2 Å². The highest BCUT2D eigenvalue weighted by atomic mass is 32.2. The van der Waals surface area contributed by atoms with Crippen molar-refractivity contribution < 1.29 is 17.9 Å². The minimum Gasteiger partial charge on any atom is -0.492 e. The summed E-state index contributed by atoms with van der Waals surface area (Å²) in [5.41, 5.74) is 0.703. The zero-order chi connectivity index (χ0) is 16.4. The summed E-state index contributed by atoms with van der Waals surface area (Å²) < 4.78 is 27.7. The van der Waals surface area contributed by atoms with Crippen molar-refractivity contribution in [2.75, 3.05) is 23.9 Å². The summed E-state index contributed by atoms with van der Waals surface area (Å²) >= 11 is 0. The number of amides is 1. The lowest BCUT2D eigenvalue weighted by molar-refractivity contribution is -0.121. The van der Waals surface area contributed by atoms with Crippen molar-refractivity contribution in [2.24, 2.45) is 17.8 Å². The number of fused-ring (bicyclic) bond motifs is 2. The van der Waals surface area contributed by atoms with Gasteiger partial charge in [0.05, 0.1) is 5.75 Å². The second-order valence-corrected chi connectivity index (χ2v) is 9.04. The monoisotopic (exact) mass is 337 g/mol. The second kappa shape index (κ2) is 6.51. The quantitative estimate of drug-likeness (QED) is 0.865. The van der Waals surface area contributed by atoms with Crippen molar-refractivity contribution in [3.05, 3.63) is 24.3 Å². The van der Waals surface area contributed by atoms with E-state index in [4.69, 9.17) is 4.74 Å². The standard InChI is InChI=1S/C17H23NO4S/c1-23(20,21)8-7-22-15-4-2-3-14(11-15)18-17(19)16-10-12-5-6-13(16)9-12/h2-4,11-13,16H,5-10H2,1H3,(H,18,19)/t12-,13-,16-/m0/s1. The molecular formula is C17H23NO4S. The SMILES string of the molecule is CS(=O)(=O)CCOc1cccc(NC(=O)[C@H]2C[C@H]3CC[C@H]2C3)c1. The maximum Gasteiger partial charge on any atom is 0.227 e. The molecule has 1 N–H and O–H groups in total. The summed E-state index contributed by atoms with van der Waals surface area (Å²) in [5, 5.41) is 2.98. The van der Waals surface area contributed by atoms with Gasteiger partial charge < -0.3 is 10.1 Å². The molecule has 3 atom stereocenters. The molecule has 2 fully saturated rings. The fourth-order valence-corrected chi connectivity index (χ4v) is 4.16. The number of rotatable bonds is 6. The molecule has 3 rings (SSSR count). The Labute approximate surface area is 137 Å². The van der Waals surface area contributed by atoms with Gasteiger partial charge in [0.2, 0.25) is 5.91 Å². The second-order valence-electron chi connectivity index (χ2n) is 6.78. The minimum atomic E-state index is -3.03. The maximum absolute atomic E-state index is 12.4. The molecule has 2 saturated carbocycles. The van der Waals surface area contributed by atoms with Crippen molar-refractivity contribution in [1.29, 1.82) is 0 Å². The summed E-state index contributed by atoms with van der Waals surface area (Å²) in [6, 6.07) is 7.13. The Hall–Kier alpha value is -1.56. The molecular weight excluding hydrogens is 314 g/mol. The van der Waals surface area contributed by atoms with Crippen LogP contribution in [0.1, 0.15) is 25.7 Å². The third-order valence-electron chi connectivity index (χ3n) is 4.90. The normalized spacial score (nSPS) is 26.2. The van der Waals surface area contributed by atoms with Crippen molar-refractivity contribution in [1.82, 2.24) is 0 Å². The highest BCUT2D eigenvalue weighted by Gasteiger charge is 2.42. The van der Waals surface area contributed by atoms with Crippen molar-refractivity contribution in [3.8, 4) is 5.75 Å². The van der Waals surface area contributed by atoms with Gasteiger partial charge in [-0.25, -0.2) is 8.42 Å². The first-order valence-electron chi connectivity index (χ1n) is 8.12. The Kier molecular flexibility index (Phi) is 4.62. The first-order valence-corrected chi connectivity index (χ1v) is 10.2. The van der Waals surface area contributed by atoms with Gasteiger partial charge >= 0.3 is 0 Å². The van der Waals surface area contributed by atoms with Gasteiger partial charge in [0.25, 0.3) is 0 Å².